The maximum absolute atomic E-state index is 12.1. The van der Waals surface area contributed by atoms with Crippen molar-refractivity contribution < 1.29 is 17.9 Å². The lowest BCUT2D eigenvalue weighted by atomic mass is 9.83. The minimum Gasteiger partial charge on any atom is -0.383 e. The van der Waals surface area contributed by atoms with Crippen LogP contribution >= 0.6 is 11.8 Å². The van der Waals surface area contributed by atoms with Gasteiger partial charge in [-0.1, -0.05) is 32.0 Å². The second kappa shape index (κ2) is 9.04. The van der Waals surface area contributed by atoms with Crippen molar-refractivity contribution in [2.24, 2.45) is 5.41 Å². The first kappa shape index (κ1) is 18.1. The Labute approximate surface area is 112 Å². The molecule has 0 amide bonds. The quantitative estimate of drug-likeness (QED) is 0.619. The van der Waals surface area contributed by atoms with Crippen LogP contribution in [0.15, 0.2) is 0 Å². The third-order valence-corrected chi connectivity index (χ3v) is 3.60. The summed E-state index contributed by atoms with van der Waals surface area (Å²) in [6.07, 6.45) is 2.50. The molecule has 6 heteroatoms. The molecular weight excluding hydrogens is 263 g/mol. The first-order valence-corrected chi connectivity index (χ1v) is 7.22. The molecule has 0 aliphatic heterocycles. The fourth-order valence-electron chi connectivity index (χ4n) is 1.88. The molecule has 0 aliphatic rings. The van der Waals surface area contributed by atoms with E-state index in [1.165, 1.54) is 0 Å². The van der Waals surface area contributed by atoms with Crippen molar-refractivity contribution in [3.05, 3.63) is 0 Å². The molecule has 0 saturated heterocycles. The number of halogens is 3. The van der Waals surface area contributed by atoms with E-state index in [9.17, 15) is 13.2 Å². The highest BCUT2D eigenvalue weighted by molar-refractivity contribution is 8.00. The van der Waals surface area contributed by atoms with Crippen molar-refractivity contribution in [2.45, 2.75) is 38.6 Å². The van der Waals surface area contributed by atoms with Crippen molar-refractivity contribution in [3.8, 4) is 0 Å². The summed E-state index contributed by atoms with van der Waals surface area (Å²) in [6.45, 7) is 6.21. The van der Waals surface area contributed by atoms with Gasteiger partial charge in [0, 0.05) is 26.0 Å². The van der Waals surface area contributed by atoms with Crippen molar-refractivity contribution >= 4 is 11.8 Å². The molecule has 1 unspecified atom stereocenters. The van der Waals surface area contributed by atoms with Crippen molar-refractivity contribution in [3.63, 3.8) is 0 Å². The molecule has 18 heavy (non-hydrogen) atoms. The Morgan fingerprint density at radius 1 is 1.22 bits per heavy atom. The third kappa shape index (κ3) is 10.0. The highest BCUT2D eigenvalue weighted by atomic mass is 32.2. The molecule has 0 radical (unpaired) electrons. The minimum absolute atomic E-state index is 0.0687. The lowest BCUT2D eigenvalue weighted by molar-refractivity contribution is -0.0329. The minimum atomic E-state index is -4.11. The number of hydrogen-bond donors (Lipinski definition) is 1. The second-order valence-corrected chi connectivity index (χ2v) is 5.93. The predicted octanol–water partition coefficient (Wildman–Crippen LogP) is 3.67. The molecule has 1 N–H and O–H groups in total. The first-order valence-electron chi connectivity index (χ1n) is 6.23. The molecule has 2 nitrogen and oxygen atoms in total. The molecule has 0 spiro atoms. The van der Waals surface area contributed by atoms with Crippen LogP contribution in [0, 0.1) is 5.41 Å². The van der Waals surface area contributed by atoms with Gasteiger partial charge in [-0.05, 0) is 18.3 Å². The van der Waals surface area contributed by atoms with E-state index in [0.717, 1.165) is 25.9 Å². The molecule has 0 aromatic heterocycles. The van der Waals surface area contributed by atoms with Gasteiger partial charge in [0.05, 0.1) is 6.61 Å². The fourth-order valence-corrected chi connectivity index (χ4v) is 2.71. The highest BCUT2D eigenvalue weighted by Gasteiger charge is 2.30. The number of alkyl halides is 3. The van der Waals surface area contributed by atoms with Crippen LogP contribution in [0.3, 0.4) is 0 Å². The predicted molar refractivity (Wildman–Crippen MR) is 70.9 cm³/mol. The van der Waals surface area contributed by atoms with E-state index in [-0.39, 0.29) is 22.9 Å². The van der Waals surface area contributed by atoms with Crippen LogP contribution in [0.2, 0.25) is 0 Å². The molecule has 110 valence electrons. The number of hydrogen-bond acceptors (Lipinski definition) is 3. The molecule has 1 atom stereocenters. The lowest BCUT2D eigenvalue weighted by Crippen LogP contribution is -2.34. The summed E-state index contributed by atoms with van der Waals surface area (Å²) in [7, 11) is 1.63. The first-order chi connectivity index (χ1) is 8.33. The topological polar surface area (TPSA) is 21.3 Å². The van der Waals surface area contributed by atoms with Crippen molar-refractivity contribution in [2.75, 3.05) is 32.6 Å². The van der Waals surface area contributed by atoms with Gasteiger partial charge < -0.3 is 10.1 Å². The number of methoxy groups -OCH3 is 1. The van der Waals surface area contributed by atoms with Gasteiger partial charge in [0.15, 0.2) is 0 Å². The van der Waals surface area contributed by atoms with E-state index in [2.05, 4.69) is 12.2 Å². The Kier molecular flexibility index (Phi) is 9.07. The third-order valence-electron chi connectivity index (χ3n) is 2.86. The molecule has 0 aromatic rings. The van der Waals surface area contributed by atoms with Gasteiger partial charge in [-0.3, -0.25) is 0 Å². The van der Waals surface area contributed by atoms with Crippen molar-refractivity contribution in [1.29, 1.82) is 0 Å². The van der Waals surface area contributed by atoms with E-state index in [1.807, 2.05) is 6.92 Å². The summed E-state index contributed by atoms with van der Waals surface area (Å²) in [4.78, 5) is 0. The largest absolute Gasteiger partial charge is 0.441 e. The molecular formula is C12H24F3NOS. The summed E-state index contributed by atoms with van der Waals surface area (Å²) in [5, 5.41) is 3.24. The van der Waals surface area contributed by atoms with Gasteiger partial charge in [0.1, 0.15) is 0 Å². The summed E-state index contributed by atoms with van der Waals surface area (Å²) >= 11 is 0.0775. The number of ether oxygens (including phenoxy) is 1. The van der Waals surface area contributed by atoms with Crippen LogP contribution in [0.1, 0.15) is 33.1 Å². The monoisotopic (exact) mass is 287 g/mol. The fraction of sp³-hybridized carbons (Fsp3) is 1.00. The zero-order chi connectivity index (χ0) is 14.1. The Morgan fingerprint density at radius 3 is 2.39 bits per heavy atom. The number of thioether (sulfide) groups is 1. The van der Waals surface area contributed by atoms with E-state index >= 15 is 0 Å². The molecule has 0 heterocycles. The van der Waals surface area contributed by atoms with Crippen LogP contribution in [0.25, 0.3) is 0 Å². The SMILES string of the molecule is CCCC(C)(CCSC(F)(F)F)CNCCOC. The Hall–Kier alpha value is 0.0600. The second-order valence-electron chi connectivity index (χ2n) is 4.77. The highest BCUT2D eigenvalue weighted by Crippen LogP contribution is 2.35. The molecule has 0 rings (SSSR count). The summed E-state index contributed by atoms with van der Waals surface area (Å²) in [5.41, 5.74) is -4.18. The summed E-state index contributed by atoms with van der Waals surface area (Å²) in [5.74, 6) is 0.131. The van der Waals surface area contributed by atoms with Crippen LogP contribution in [0.5, 0.6) is 0 Å². The molecule has 0 aromatic carbocycles. The maximum Gasteiger partial charge on any atom is 0.441 e. The summed E-state index contributed by atoms with van der Waals surface area (Å²) < 4.78 is 41.2. The zero-order valence-corrected chi connectivity index (χ0v) is 12.2. The van der Waals surface area contributed by atoms with E-state index in [1.54, 1.807) is 7.11 Å². The molecule has 0 aliphatic carbocycles. The zero-order valence-electron chi connectivity index (χ0n) is 11.4. The maximum atomic E-state index is 12.1. The van der Waals surface area contributed by atoms with Gasteiger partial charge in [-0.25, -0.2) is 0 Å². The average Bonchev–Trinajstić information content (AvgIpc) is 2.23. The van der Waals surface area contributed by atoms with Crippen molar-refractivity contribution in [1.82, 2.24) is 5.32 Å². The van der Waals surface area contributed by atoms with Gasteiger partial charge in [0.25, 0.3) is 0 Å². The molecule has 0 saturated carbocycles. The van der Waals surface area contributed by atoms with Gasteiger partial charge in [-0.15, -0.1) is 0 Å². The van der Waals surface area contributed by atoms with Crippen LogP contribution in [-0.2, 0) is 4.74 Å². The van der Waals surface area contributed by atoms with E-state index in [4.69, 9.17) is 4.74 Å². The van der Waals surface area contributed by atoms with E-state index < -0.39 is 5.51 Å². The lowest BCUT2D eigenvalue weighted by Gasteiger charge is -2.29. The van der Waals surface area contributed by atoms with Gasteiger partial charge in [-0.2, -0.15) is 13.2 Å². The molecule has 0 fully saturated rings. The average molecular weight is 287 g/mol. The van der Waals surface area contributed by atoms with Gasteiger partial charge in [0.2, 0.25) is 0 Å². The summed E-state index contributed by atoms with van der Waals surface area (Å²) in [6, 6.07) is 0. The standard InChI is InChI=1S/C12H24F3NOS/c1-4-5-11(2,10-16-7-8-17-3)6-9-18-12(13,14)15/h16H,4-10H2,1-3H3. The number of rotatable bonds is 10. The van der Waals surface area contributed by atoms with Crippen LogP contribution in [0.4, 0.5) is 13.2 Å². The van der Waals surface area contributed by atoms with Crippen LogP contribution in [-0.4, -0.2) is 38.1 Å². The normalized spacial score (nSPS) is 15.7. The Balaban J connectivity index is 4.00. The molecule has 0 bridgehead atoms. The number of nitrogens with one attached hydrogen (secondary N) is 1. The smallest absolute Gasteiger partial charge is 0.383 e. The Morgan fingerprint density at radius 2 is 1.89 bits per heavy atom. The van der Waals surface area contributed by atoms with Gasteiger partial charge >= 0.3 is 5.51 Å². The van der Waals surface area contributed by atoms with E-state index in [0.29, 0.717) is 13.0 Å². The Bertz CT molecular complexity index is 214. The van der Waals surface area contributed by atoms with Crippen LogP contribution < -0.4 is 5.32 Å².